The molecule has 1 N–H and O–H groups in total. The van der Waals surface area contributed by atoms with Gasteiger partial charge < -0.3 is 10.2 Å². The Balaban J connectivity index is 1.95. The molecule has 0 saturated heterocycles. The summed E-state index contributed by atoms with van der Waals surface area (Å²) in [7, 11) is 0.107. The van der Waals surface area contributed by atoms with Gasteiger partial charge in [-0.1, -0.05) is 24.3 Å². The Labute approximate surface area is 142 Å². The van der Waals surface area contributed by atoms with Crippen LogP contribution in [0.5, 0.6) is 0 Å². The van der Waals surface area contributed by atoms with Crippen LogP contribution >= 0.6 is 0 Å². The molecule has 7 heteroatoms. The number of carbonyl (C=O) groups excluding carboxylic acids is 1. The fourth-order valence-electron chi connectivity index (χ4n) is 3.00. The zero-order valence-corrected chi connectivity index (χ0v) is 14.8. The summed E-state index contributed by atoms with van der Waals surface area (Å²) < 4.78 is 27.1. The third kappa shape index (κ3) is 2.63. The van der Waals surface area contributed by atoms with Gasteiger partial charge in [0.1, 0.15) is 6.04 Å². The average Bonchev–Trinajstić information content (AvgIpc) is 2.76. The highest BCUT2D eigenvalue weighted by Crippen LogP contribution is 2.43. The first-order valence-electron chi connectivity index (χ1n) is 7.82. The van der Waals surface area contributed by atoms with Gasteiger partial charge in [0.25, 0.3) is 10.0 Å². The third-order valence-corrected chi connectivity index (χ3v) is 6.14. The molecule has 128 valence electrons. The molecule has 0 fully saturated rings. The van der Waals surface area contributed by atoms with Gasteiger partial charge in [0.05, 0.1) is 10.6 Å². The lowest BCUT2D eigenvalue weighted by atomic mass is 10.1. The molecule has 1 amide bonds. The minimum absolute atomic E-state index is 0.267. The highest BCUT2D eigenvalue weighted by molar-refractivity contribution is 7.93. The van der Waals surface area contributed by atoms with Gasteiger partial charge in [-0.15, -0.1) is 0 Å². The molecular formula is C17H21N3O3S. The standard InChI is InChI=1S/C17H21N3O3S/c1-12(17(21)18-10-11-19(2)3)20-14-8-4-6-13-7-5-9-15(16(13)14)24(20,22)23/h4-9,12H,10-11H2,1-3H3,(H,18,21)/t12-/m1/s1. The van der Waals surface area contributed by atoms with Crippen molar-refractivity contribution in [3.63, 3.8) is 0 Å². The maximum atomic E-state index is 12.9. The number of amides is 1. The van der Waals surface area contributed by atoms with Crippen LogP contribution in [-0.4, -0.2) is 52.5 Å². The summed E-state index contributed by atoms with van der Waals surface area (Å²) in [4.78, 5) is 14.7. The first-order valence-corrected chi connectivity index (χ1v) is 9.26. The zero-order chi connectivity index (χ0) is 17.5. The predicted octanol–water partition coefficient (Wildman–Crippen LogP) is 1.41. The maximum Gasteiger partial charge on any atom is 0.265 e. The van der Waals surface area contributed by atoms with Crippen molar-refractivity contribution in [2.24, 2.45) is 0 Å². The van der Waals surface area contributed by atoms with Crippen molar-refractivity contribution in [1.29, 1.82) is 0 Å². The SMILES string of the molecule is C[C@H](C(=O)NCCN(C)C)N1c2cccc3cccc(c23)S1(=O)=O. The number of nitrogens with one attached hydrogen (secondary N) is 1. The predicted molar refractivity (Wildman–Crippen MR) is 94.6 cm³/mol. The van der Waals surface area contributed by atoms with Gasteiger partial charge in [-0.05, 0) is 38.5 Å². The Morgan fingerprint density at radius 2 is 1.88 bits per heavy atom. The number of anilines is 1. The minimum atomic E-state index is -3.72. The molecule has 6 nitrogen and oxygen atoms in total. The van der Waals surface area contributed by atoms with E-state index in [9.17, 15) is 13.2 Å². The molecule has 1 heterocycles. The van der Waals surface area contributed by atoms with E-state index in [1.807, 2.05) is 37.2 Å². The number of benzene rings is 2. The summed E-state index contributed by atoms with van der Waals surface area (Å²) in [5.41, 5.74) is 0.568. The monoisotopic (exact) mass is 347 g/mol. The van der Waals surface area contributed by atoms with Gasteiger partial charge in [-0.3, -0.25) is 9.10 Å². The molecule has 0 saturated carbocycles. The Bertz CT molecular complexity index is 888. The largest absolute Gasteiger partial charge is 0.353 e. The van der Waals surface area contributed by atoms with Crippen molar-refractivity contribution >= 4 is 32.4 Å². The van der Waals surface area contributed by atoms with Gasteiger partial charge in [0.15, 0.2) is 0 Å². The van der Waals surface area contributed by atoms with Gasteiger partial charge in [0, 0.05) is 18.5 Å². The van der Waals surface area contributed by atoms with E-state index in [1.165, 1.54) is 4.31 Å². The van der Waals surface area contributed by atoms with Gasteiger partial charge in [0.2, 0.25) is 5.91 Å². The molecule has 0 radical (unpaired) electrons. The first-order chi connectivity index (χ1) is 11.3. The molecule has 0 unspecified atom stereocenters. The minimum Gasteiger partial charge on any atom is -0.353 e. The van der Waals surface area contributed by atoms with Crippen molar-refractivity contribution in [3.05, 3.63) is 36.4 Å². The highest BCUT2D eigenvalue weighted by Gasteiger charge is 2.40. The number of likely N-dealkylation sites (N-methyl/N-ethyl adjacent to an activating group) is 1. The maximum absolute atomic E-state index is 12.9. The molecule has 0 aromatic heterocycles. The third-order valence-electron chi connectivity index (χ3n) is 4.21. The molecular weight excluding hydrogens is 326 g/mol. The van der Waals surface area contributed by atoms with Crippen molar-refractivity contribution in [2.75, 3.05) is 31.5 Å². The second-order valence-electron chi connectivity index (χ2n) is 6.20. The second-order valence-corrected chi connectivity index (χ2v) is 7.99. The fraction of sp³-hybridized carbons (Fsp3) is 0.353. The number of hydrogen-bond donors (Lipinski definition) is 1. The Kier molecular flexibility index (Phi) is 4.23. The summed E-state index contributed by atoms with van der Waals surface area (Å²) in [6.07, 6.45) is 0. The summed E-state index contributed by atoms with van der Waals surface area (Å²) in [5, 5.41) is 4.35. The van der Waals surface area contributed by atoms with Gasteiger partial charge in [-0.2, -0.15) is 0 Å². The van der Waals surface area contributed by atoms with Crippen LogP contribution in [0.25, 0.3) is 10.8 Å². The van der Waals surface area contributed by atoms with E-state index < -0.39 is 16.1 Å². The van der Waals surface area contributed by atoms with Gasteiger partial charge >= 0.3 is 0 Å². The molecule has 0 bridgehead atoms. The lowest BCUT2D eigenvalue weighted by Gasteiger charge is -2.25. The summed E-state index contributed by atoms with van der Waals surface area (Å²) in [6.45, 7) is 2.79. The number of hydrogen-bond acceptors (Lipinski definition) is 4. The molecule has 1 aliphatic rings. The van der Waals surface area contributed by atoms with Crippen molar-refractivity contribution in [1.82, 2.24) is 10.2 Å². The summed E-state index contributed by atoms with van der Waals surface area (Å²) in [6, 6.07) is 9.83. The fourth-order valence-corrected chi connectivity index (χ4v) is 4.86. The number of nitrogens with zero attached hydrogens (tertiary/aromatic N) is 2. The van der Waals surface area contributed by atoms with Crippen LogP contribution in [0.2, 0.25) is 0 Å². The lowest BCUT2D eigenvalue weighted by molar-refractivity contribution is -0.121. The smallest absolute Gasteiger partial charge is 0.265 e. The van der Waals surface area contributed by atoms with Crippen LogP contribution in [0.4, 0.5) is 5.69 Å². The molecule has 3 rings (SSSR count). The van der Waals surface area contributed by atoms with E-state index in [0.29, 0.717) is 24.2 Å². The van der Waals surface area contributed by atoms with E-state index in [-0.39, 0.29) is 10.8 Å². The van der Waals surface area contributed by atoms with Crippen LogP contribution in [0, 0.1) is 0 Å². The van der Waals surface area contributed by atoms with Crippen molar-refractivity contribution in [3.8, 4) is 0 Å². The van der Waals surface area contributed by atoms with Crippen LogP contribution in [-0.2, 0) is 14.8 Å². The molecule has 1 aliphatic heterocycles. The second kappa shape index (κ2) is 6.07. The Morgan fingerprint density at radius 3 is 2.54 bits per heavy atom. The normalized spacial score (nSPS) is 16.6. The molecule has 24 heavy (non-hydrogen) atoms. The molecule has 0 spiro atoms. The number of carbonyl (C=O) groups is 1. The van der Waals surface area contributed by atoms with E-state index in [1.54, 1.807) is 25.1 Å². The Morgan fingerprint density at radius 1 is 1.21 bits per heavy atom. The van der Waals surface area contributed by atoms with Crippen LogP contribution in [0.3, 0.4) is 0 Å². The molecule has 2 aromatic rings. The summed E-state index contributed by atoms with van der Waals surface area (Å²) in [5.74, 6) is -0.301. The quantitative estimate of drug-likeness (QED) is 0.888. The Hall–Kier alpha value is -2.12. The number of rotatable bonds is 5. The van der Waals surface area contributed by atoms with Crippen LogP contribution in [0.1, 0.15) is 6.92 Å². The average molecular weight is 347 g/mol. The van der Waals surface area contributed by atoms with Crippen molar-refractivity contribution in [2.45, 2.75) is 17.9 Å². The van der Waals surface area contributed by atoms with Crippen LogP contribution in [0.15, 0.2) is 41.3 Å². The lowest BCUT2D eigenvalue weighted by Crippen LogP contribution is -2.47. The zero-order valence-electron chi connectivity index (χ0n) is 14.0. The molecule has 1 atom stereocenters. The van der Waals surface area contributed by atoms with E-state index >= 15 is 0 Å². The van der Waals surface area contributed by atoms with E-state index in [0.717, 1.165) is 5.39 Å². The highest BCUT2D eigenvalue weighted by atomic mass is 32.2. The van der Waals surface area contributed by atoms with E-state index in [4.69, 9.17) is 0 Å². The van der Waals surface area contributed by atoms with E-state index in [2.05, 4.69) is 5.32 Å². The summed E-state index contributed by atoms with van der Waals surface area (Å²) >= 11 is 0. The first kappa shape index (κ1) is 16.7. The topological polar surface area (TPSA) is 69.7 Å². The van der Waals surface area contributed by atoms with Crippen molar-refractivity contribution < 1.29 is 13.2 Å². The van der Waals surface area contributed by atoms with Crippen LogP contribution < -0.4 is 9.62 Å². The molecule has 0 aliphatic carbocycles. The number of sulfonamides is 1. The molecule has 2 aromatic carbocycles. The van der Waals surface area contributed by atoms with Gasteiger partial charge in [-0.25, -0.2) is 8.42 Å².